The van der Waals surface area contributed by atoms with Crippen LogP contribution in [0.5, 0.6) is 0 Å². The average Bonchev–Trinajstić information content (AvgIpc) is 2.93. The molecular weight excluding hydrogens is 292 g/mol. The summed E-state index contributed by atoms with van der Waals surface area (Å²) in [6.07, 6.45) is 1.03. The number of hydrogen-bond acceptors (Lipinski definition) is 3. The summed E-state index contributed by atoms with van der Waals surface area (Å²) in [6, 6.07) is 5.99. The van der Waals surface area contributed by atoms with Gasteiger partial charge in [-0.15, -0.1) is 11.3 Å². The van der Waals surface area contributed by atoms with E-state index in [0.717, 1.165) is 22.7 Å². The molecule has 1 saturated heterocycles. The number of hydrogen-bond donors (Lipinski definition) is 1. The predicted octanol–water partition coefficient (Wildman–Crippen LogP) is 3.70. The van der Waals surface area contributed by atoms with Gasteiger partial charge in [-0.05, 0) is 30.4 Å². The molecule has 1 aromatic heterocycles. The third kappa shape index (κ3) is 2.22. The van der Waals surface area contributed by atoms with E-state index >= 15 is 0 Å². The zero-order chi connectivity index (χ0) is 14.3. The molecule has 3 nitrogen and oxygen atoms in total. The van der Waals surface area contributed by atoms with Gasteiger partial charge in [0.15, 0.2) is 0 Å². The van der Waals surface area contributed by atoms with Crippen molar-refractivity contribution in [1.29, 1.82) is 0 Å². The van der Waals surface area contributed by atoms with E-state index < -0.39 is 0 Å². The molecule has 1 aliphatic heterocycles. The minimum atomic E-state index is -0.00378. The third-order valence-corrected chi connectivity index (χ3v) is 5.54. The van der Waals surface area contributed by atoms with Gasteiger partial charge >= 0.3 is 0 Å². The van der Waals surface area contributed by atoms with Crippen molar-refractivity contribution >= 4 is 38.9 Å². The number of halogens is 1. The maximum absolute atomic E-state index is 11.7. The number of rotatable bonds is 3. The molecule has 1 unspecified atom stereocenters. The Morgan fingerprint density at radius 1 is 1.50 bits per heavy atom. The number of aryl methyl sites for hydroxylation is 1. The molecule has 0 saturated carbocycles. The number of carbonyl (C=O) groups excluding carboxylic acids is 1. The molecule has 0 radical (unpaired) electrons. The molecular formula is C15H17ClN2OS. The minimum Gasteiger partial charge on any atom is -0.335 e. The van der Waals surface area contributed by atoms with E-state index in [-0.39, 0.29) is 12.1 Å². The molecule has 0 spiro atoms. The molecule has 0 bridgehead atoms. The van der Waals surface area contributed by atoms with Gasteiger partial charge in [-0.3, -0.25) is 9.69 Å². The van der Waals surface area contributed by atoms with E-state index in [0.29, 0.717) is 6.54 Å². The maximum Gasteiger partial charge on any atom is 0.235 e. The molecule has 20 heavy (non-hydrogen) atoms. The first kappa shape index (κ1) is 13.9. The standard InChI is InChI=1S/C15H17ClN2OS/c1-3-7-18-8-12(19)17-15(18)13-9(2)10-5-4-6-11(16)14(10)20-13/h4-6,15H,3,7-8H2,1-2H3,(H,17,19). The SMILES string of the molecule is CCCN1CC(=O)NC1c1sc2c(Cl)cccc2c1C. The van der Waals surface area contributed by atoms with Crippen LogP contribution in [0.25, 0.3) is 10.1 Å². The van der Waals surface area contributed by atoms with E-state index in [4.69, 9.17) is 11.6 Å². The Hall–Kier alpha value is -1.10. The summed E-state index contributed by atoms with van der Waals surface area (Å²) >= 11 is 7.98. The summed E-state index contributed by atoms with van der Waals surface area (Å²) in [6.45, 7) is 5.65. The number of thiophene rings is 1. The fourth-order valence-electron chi connectivity index (χ4n) is 2.78. The molecule has 106 valence electrons. The second-order valence-electron chi connectivity index (χ2n) is 5.15. The maximum atomic E-state index is 11.7. The van der Waals surface area contributed by atoms with Crippen LogP contribution in [0.4, 0.5) is 0 Å². The highest BCUT2D eigenvalue weighted by molar-refractivity contribution is 7.20. The first-order chi connectivity index (χ1) is 9.61. The Labute approximate surface area is 127 Å². The Morgan fingerprint density at radius 2 is 2.30 bits per heavy atom. The summed E-state index contributed by atoms with van der Waals surface area (Å²) in [5.74, 6) is 0.103. The second-order valence-corrected chi connectivity index (χ2v) is 6.61. The number of fused-ring (bicyclic) bond motifs is 1. The Balaban J connectivity index is 2.07. The van der Waals surface area contributed by atoms with E-state index in [1.807, 2.05) is 12.1 Å². The van der Waals surface area contributed by atoms with E-state index in [1.54, 1.807) is 11.3 Å². The summed E-state index contributed by atoms with van der Waals surface area (Å²) in [4.78, 5) is 15.1. The minimum absolute atomic E-state index is 0.00378. The van der Waals surface area contributed by atoms with Gasteiger partial charge in [0, 0.05) is 11.4 Å². The molecule has 1 aliphatic rings. The Morgan fingerprint density at radius 3 is 3.00 bits per heavy atom. The highest BCUT2D eigenvalue weighted by Gasteiger charge is 2.32. The van der Waals surface area contributed by atoms with Crippen molar-refractivity contribution in [2.45, 2.75) is 26.4 Å². The van der Waals surface area contributed by atoms with Crippen molar-refractivity contribution < 1.29 is 4.79 Å². The van der Waals surface area contributed by atoms with Crippen molar-refractivity contribution in [3.05, 3.63) is 33.7 Å². The number of nitrogens with zero attached hydrogens (tertiary/aromatic N) is 1. The molecule has 5 heteroatoms. The first-order valence-corrected chi connectivity index (χ1v) is 8.02. The van der Waals surface area contributed by atoms with Crippen molar-refractivity contribution in [2.24, 2.45) is 0 Å². The molecule has 2 heterocycles. The largest absolute Gasteiger partial charge is 0.335 e. The molecule has 1 N–H and O–H groups in total. The normalized spacial score (nSPS) is 19.8. The van der Waals surface area contributed by atoms with Crippen LogP contribution in [0, 0.1) is 6.92 Å². The van der Waals surface area contributed by atoms with Gasteiger partial charge in [0.05, 0.1) is 16.3 Å². The van der Waals surface area contributed by atoms with Gasteiger partial charge in [0.2, 0.25) is 5.91 Å². The van der Waals surface area contributed by atoms with Crippen molar-refractivity contribution in [3.8, 4) is 0 Å². The second kappa shape index (κ2) is 5.35. The first-order valence-electron chi connectivity index (χ1n) is 6.82. The van der Waals surface area contributed by atoms with E-state index in [1.165, 1.54) is 15.8 Å². The van der Waals surface area contributed by atoms with Crippen LogP contribution in [-0.2, 0) is 4.79 Å². The highest BCUT2D eigenvalue weighted by atomic mass is 35.5. The molecule has 1 atom stereocenters. The van der Waals surface area contributed by atoms with Crippen LogP contribution in [0.2, 0.25) is 5.02 Å². The molecule has 1 amide bonds. The van der Waals surface area contributed by atoms with Crippen LogP contribution in [0.3, 0.4) is 0 Å². The Bertz CT molecular complexity index is 667. The quantitative estimate of drug-likeness (QED) is 0.937. The number of nitrogens with one attached hydrogen (secondary N) is 1. The molecule has 1 aromatic carbocycles. The van der Waals surface area contributed by atoms with Crippen molar-refractivity contribution in [2.75, 3.05) is 13.1 Å². The number of amides is 1. The molecule has 0 aliphatic carbocycles. The lowest BCUT2D eigenvalue weighted by Crippen LogP contribution is -2.28. The lowest BCUT2D eigenvalue weighted by molar-refractivity contribution is -0.118. The monoisotopic (exact) mass is 308 g/mol. The zero-order valence-corrected chi connectivity index (χ0v) is 13.1. The van der Waals surface area contributed by atoms with Crippen LogP contribution in [-0.4, -0.2) is 23.9 Å². The van der Waals surface area contributed by atoms with Gasteiger partial charge in [0.1, 0.15) is 6.17 Å². The summed E-state index contributed by atoms with van der Waals surface area (Å²) < 4.78 is 1.11. The summed E-state index contributed by atoms with van der Waals surface area (Å²) in [7, 11) is 0. The predicted molar refractivity (Wildman–Crippen MR) is 84.3 cm³/mol. The highest BCUT2D eigenvalue weighted by Crippen LogP contribution is 2.40. The van der Waals surface area contributed by atoms with Crippen molar-refractivity contribution in [1.82, 2.24) is 10.2 Å². The lowest BCUT2D eigenvalue weighted by atomic mass is 10.1. The topological polar surface area (TPSA) is 32.3 Å². The Kier molecular flexibility index (Phi) is 3.71. The smallest absolute Gasteiger partial charge is 0.235 e. The number of benzene rings is 1. The fourth-order valence-corrected chi connectivity index (χ4v) is 4.37. The summed E-state index contributed by atoms with van der Waals surface area (Å²) in [5.41, 5.74) is 1.22. The molecule has 2 aromatic rings. The number of carbonyl (C=O) groups is 1. The van der Waals surface area contributed by atoms with Crippen LogP contribution < -0.4 is 5.32 Å². The molecule has 1 fully saturated rings. The van der Waals surface area contributed by atoms with E-state index in [9.17, 15) is 4.79 Å². The van der Waals surface area contributed by atoms with Gasteiger partial charge in [-0.1, -0.05) is 30.7 Å². The molecule has 3 rings (SSSR count). The lowest BCUT2D eigenvalue weighted by Gasteiger charge is -2.22. The van der Waals surface area contributed by atoms with Gasteiger partial charge in [0.25, 0.3) is 0 Å². The van der Waals surface area contributed by atoms with Crippen LogP contribution >= 0.6 is 22.9 Å². The van der Waals surface area contributed by atoms with Gasteiger partial charge in [-0.2, -0.15) is 0 Å². The zero-order valence-electron chi connectivity index (χ0n) is 11.6. The summed E-state index contributed by atoms with van der Waals surface area (Å²) in [5, 5.41) is 5.06. The van der Waals surface area contributed by atoms with Crippen molar-refractivity contribution in [3.63, 3.8) is 0 Å². The van der Waals surface area contributed by atoms with Gasteiger partial charge < -0.3 is 5.32 Å². The average molecular weight is 309 g/mol. The third-order valence-electron chi connectivity index (χ3n) is 3.72. The van der Waals surface area contributed by atoms with E-state index in [2.05, 4.69) is 30.1 Å². The van der Waals surface area contributed by atoms with Crippen LogP contribution in [0.1, 0.15) is 30.0 Å². The fraction of sp³-hybridized carbons (Fsp3) is 0.400. The van der Waals surface area contributed by atoms with Gasteiger partial charge in [-0.25, -0.2) is 0 Å². The van der Waals surface area contributed by atoms with Crippen LogP contribution in [0.15, 0.2) is 18.2 Å².